The molecule has 1 heterocycles. The third-order valence-corrected chi connectivity index (χ3v) is 4.04. The van der Waals surface area contributed by atoms with Crippen LogP contribution in [0.25, 0.3) is 10.9 Å². The maximum Gasteiger partial charge on any atom is 0.418 e. The Balaban J connectivity index is 1.71. The third-order valence-electron chi connectivity index (χ3n) is 4.04. The van der Waals surface area contributed by atoms with E-state index in [0.717, 1.165) is 6.07 Å². The molecular formula is C18H15F3N4O3. The van der Waals surface area contributed by atoms with Gasteiger partial charge < -0.3 is 0 Å². The maximum atomic E-state index is 12.9. The Kier molecular flexibility index (Phi) is 5.21. The van der Waals surface area contributed by atoms with Gasteiger partial charge in [0.05, 0.1) is 22.2 Å². The SMILES string of the molecule is O=C(CCn1c(=O)[nH]c(=O)c2ccccc21)NNc1ccccc1C(F)(F)F. The molecule has 0 atom stereocenters. The molecule has 7 nitrogen and oxygen atoms in total. The van der Waals surface area contributed by atoms with Crippen LogP contribution in [-0.2, 0) is 17.5 Å². The van der Waals surface area contributed by atoms with E-state index in [1.165, 1.54) is 22.8 Å². The second-order valence-corrected chi connectivity index (χ2v) is 5.89. The number of nitrogens with one attached hydrogen (secondary N) is 3. The van der Waals surface area contributed by atoms with Crippen LogP contribution in [0.4, 0.5) is 18.9 Å². The number of aromatic nitrogens is 2. The molecule has 0 spiro atoms. The summed E-state index contributed by atoms with van der Waals surface area (Å²) in [6.45, 7) is -0.0649. The third kappa shape index (κ3) is 4.05. The summed E-state index contributed by atoms with van der Waals surface area (Å²) in [5.74, 6) is -0.626. The molecule has 2 aromatic carbocycles. The number of fused-ring (bicyclic) bond motifs is 1. The van der Waals surface area contributed by atoms with Gasteiger partial charge in [0.15, 0.2) is 0 Å². The molecule has 10 heteroatoms. The summed E-state index contributed by atoms with van der Waals surface area (Å²) in [6, 6.07) is 11.1. The quantitative estimate of drug-likeness (QED) is 0.581. The molecule has 0 saturated heterocycles. The van der Waals surface area contributed by atoms with E-state index >= 15 is 0 Å². The summed E-state index contributed by atoms with van der Waals surface area (Å²) in [5.41, 5.74) is 2.37. The number of amides is 1. The van der Waals surface area contributed by atoms with Gasteiger partial charge in [0.25, 0.3) is 5.56 Å². The largest absolute Gasteiger partial charge is 0.418 e. The van der Waals surface area contributed by atoms with Gasteiger partial charge in [-0.2, -0.15) is 13.2 Å². The average Bonchev–Trinajstić information content (AvgIpc) is 2.65. The predicted molar refractivity (Wildman–Crippen MR) is 96.7 cm³/mol. The van der Waals surface area contributed by atoms with Crippen molar-refractivity contribution in [3.8, 4) is 0 Å². The molecule has 0 bridgehead atoms. The predicted octanol–water partition coefficient (Wildman–Crippen LogP) is 2.24. The highest BCUT2D eigenvalue weighted by molar-refractivity contribution is 5.79. The summed E-state index contributed by atoms with van der Waals surface area (Å²) >= 11 is 0. The Morgan fingerprint density at radius 3 is 2.46 bits per heavy atom. The smallest absolute Gasteiger partial charge is 0.298 e. The van der Waals surface area contributed by atoms with Crippen LogP contribution in [0, 0.1) is 0 Å². The van der Waals surface area contributed by atoms with E-state index in [-0.39, 0.29) is 18.7 Å². The van der Waals surface area contributed by atoms with Gasteiger partial charge in [-0.1, -0.05) is 24.3 Å². The number of anilines is 1. The van der Waals surface area contributed by atoms with Gasteiger partial charge in [-0.25, -0.2) is 4.79 Å². The lowest BCUT2D eigenvalue weighted by atomic mass is 10.2. The van der Waals surface area contributed by atoms with Gasteiger partial charge >= 0.3 is 11.9 Å². The monoisotopic (exact) mass is 392 g/mol. The van der Waals surface area contributed by atoms with Gasteiger partial charge in [-0.05, 0) is 24.3 Å². The van der Waals surface area contributed by atoms with Crippen LogP contribution in [0.1, 0.15) is 12.0 Å². The van der Waals surface area contributed by atoms with E-state index in [1.807, 2.05) is 0 Å². The number of para-hydroxylation sites is 2. The molecule has 3 N–H and O–H groups in total. The van der Waals surface area contributed by atoms with Crippen molar-refractivity contribution < 1.29 is 18.0 Å². The molecule has 0 unspecified atom stereocenters. The number of benzene rings is 2. The fraction of sp³-hybridized carbons (Fsp3) is 0.167. The van der Waals surface area contributed by atoms with Crippen molar-refractivity contribution >= 4 is 22.5 Å². The number of hydrazine groups is 1. The maximum absolute atomic E-state index is 12.9. The van der Waals surface area contributed by atoms with E-state index < -0.39 is 28.9 Å². The highest BCUT2D eigenvalue weighted by atomic mass is 19.4. The molecule has 0 aliphatic rings. The lowest BCUT2D eigenvalue weighted by Gasteiger charge is -2.15. The van der Waals surface area contributed by atoms with Crippen LogP contribution in [0.3, 0.4) is 0 Å². The van der Waals surface area contributed by atoms with E-state index in [1.54, 1.807) is 24.3 Å². The van der Waals surface area contributed by atoms with E-state index in [2.05, 4.69) is 15.8 Å². The first-order chi connectivity index (χ1) is 13.3. The molecule has 0 fully saturated rings. The Labute approximate surface area is 155 Å². The standard InChI is InChI=1S/C18H15F3N4O3/c19-18(20,21)12-6-2-3-7-13(12)23-24-15(26)9-10-25-14-8-4-1-5-11(14)16(27)22-17(25)28/h1-8,23H,9-10H2,(H,24,26)(H,22,27,28). The minimum absolute atomic E-state index is 0.0649. The van der Waals surface area contributed by atoms with Crippen LogP contribution < -0.4 is 22.1 Å². The minimum atomic E-state index is -4.57. The Morgan fingerprint density at radius 1 is 1.04 bits per heavy atom. The number of carbonyl (C=O) groups excluding carboxylic acids is 1. The number of aromatic amines is 1. The average molecular weight is 392 g/mol. The van der Waals surface area contributed by atoms with Crippen LogP contribution >= 0.6 is 0 Å². The van der Waals surface area contributed by atoms with Gasteiger partial charge in [0.1, 0.15) is 0 Å². The summed E-state index contributed by atoms with van der Waals surface area (Å²) in [5, 5.41) is 0.291. The zero-order valence-corrected chi connectivity index (χ0v) is 14.3. The molecule has 3 rings (SSSR count). The zero-order valence-electron chi connectivity index (χ0n) is 14.3. The second kappa shape index (κ2) is 7.59. The van der Waals surface area contributed by atoms with Gasteiger partial charge in [-0.15, -0.1) is 0 Å². The molecule has 28 heavy (non-hydrogen) atoms. The fourth-order valence-corrected chi connectivity index (χ4v) is 2.72. The summed E-state index contributed by atoms with van der Waals surface area (Å²) in [4.78, 5) is 38.0. The van der Waals surface area contributed by atoms with E-state index in [0.29, 0.717) is 10.9 Å². The number of halogens is 3. The van der Waals surface area contributed by atoms with Crippen molar-refractivity contribution in [2.75, 3.05) is 5.43 Å². The van der Waals surface area contributed by atoms with Crippen molar-refractivity contribution in [1.82, 2.24) is 15.0 Å². The molecule has 0 aliphatic carbocycles. The lowest BCUT2D eigenvalue weighted by Crippen LogP contribution is -2.34. The number of hydrogen-bond acceptors (Lipinski definition) is 4. The first-order valence-electron chi connectivity index (χ1n) is 8.20. The van der Waals surface area contributed by atoms with Crippen molar-refractivity contribution in [3.63, 3.8) is 0 Å². The first kappa shape index (κ1) is 19.2. The number of carbonyl (C=O) groups is 1. The molecule has 3 aromatic rings. The lowest BCUT2D eigenvalue weighted by molar-refractivity contribution is -0.137. The number of nitrogens with zero attached hydrogens (tertiary/aromatic N) is 1. The Morgan fingerprint density at radius 2 is 1.71 bits per heavy atom. The zero-order chi connectivity index (χ0) is 20.3. The van der Waals surface area contributed by atoms with Crippen molar-refractivity contribution in [3.05, 3.63) is 74.9 Å². The number of alkyl halides is 3. The normalized spacial score (nSPS) is 11.4. The molecule has 1 amide bonds. The number of rotatable bonds is 5. The van der Waals surface area contributed by atoms with Crippen LogP contribution in [-0.4, -0.2) is 15.5 Å². The summed E-state index contributed by atoms with van der Waals surface area (Å²) < 4.78 is 40.1. The van der Waals surface area contributed by atoms with Gasteiger partial charge in [-0.3, -0.25) is 30.0 Å². The fourth-order valence-electron chi connectivity index (χ4n) is 2.72. The number of hydrogen-bond donors (Lipinski definition) is 3. The molecular weight excluding hydrogens is 377 g/mol. The first-order valence-corrected chi connectivity index (χ1v) is 8.20. The van der Waals surface area contributed by atoms with Crippen molar-refractivity contribution in [2.45, 2.75) is 19.1 Å². The number of H-pyrrole nitrogens is 1. The van der Waals surface area contributed by atoms with Crippen molar-refractivity contribution in [1.29, 1.82) is 0 Å². The second-order valence-electron chi connectivity index (χ2n) is 5.89. The van der Waals surface area contributed by atoms with Gasteiger partial charge in [0, 0.05) is 13.0 Å². The molecule has 146 valence electrons. The summed E-state index contributed by atoms with van der Waals surface area (Å²) in [6.07, 6.45) is -4.77. The number of aryl methyl sites for hydroxylation is 1. The van der Waals surface area contributed by atoms with E-state index in [9.17, 15) is 27.6 Å². The molecule has 1 aromatic heterocycles. The van der Waals surface area contributed by atoms with Crippen LogP contribution in [0.5, 0.6) is 0 Å². The Bertz CT molecular complexity index is 1140. The molecule has 0 aliphatic heterocycles. The molecule has 0 radical (unpaired) electrons. The van der Waals surface area contributed by atoms with Gasteiger partial charge in [0.2, 0.25) is 5.91 Å². The van der Waals surface area contributed by atoms with E-state index in [4.69, 9.17) is 0 Å². The minimum Gasteiger partial charge on any atom is -0.298 e. The topological polar surface area (TPSA) is 96.0 Å². The highest BCUT2D eigenvalue weighted by Crippen LogP contribution is 2.34. The Hall–Kier alpha value is -3.56. The molecule has 0 saturated carbocycles. The van der Waals surface area contributed by atoms with Crippen molar-refractivity contribution in [2.24, 2.45) is 0 Å². The van der Waals surface area contributed by atoms with Crippen LogP contribution in [0.2, 0.25) is 0 Å². The summed E-state index contributed by atoms with van der Waals surface area (Å²) in [7, 11) is 0. The van der Waals surface area contributed by atoms with Crippen LogP contribution in [0.15, 0.2) is 58.1 Å². The highest BCUT2D eigenvalue weighted by Gasteiger charge is 2.33.